The van der Waals surface area contributed by atoms with Crippen LogP contribution in [0, 0.1) is 6.92 Å². The van der Waals surface area contributed by atoms with Crippen LogP contribution in [0.1, 0.15) is 21.5 Å². The highest BCUT2D eigenvalue weighted by Crippen LogP contribution is 2.23. The van der Waals surface area contributed by atoms with E-state index in [9.17, 15) is 14.4 Å². The number of hydrogen-bond donors (Lipinski definition) is 3. The first kappa shape index (κ1) is 27.7. The molecule has 0 aliphatic rings. The van der Waals surface area contributed by atoms with Gasteiger partial charge >= 0.3 is 0 Å². The second-order valence-corrected chi connectivity index (χ2v) is 10.0. The Bertz CT molecular complexity index is 1520. The van der Waals surface area contributed by atoms with Gasteiger partial charge in [-0.3, -0.25) is 14.4 Å². The zero-order chi connectivity index (χ0) is 27.6. The number of anilines is 2. The van der Waals surface area contributed by atoms with Gasteiger partial charge in [-0.25, -0.2) is 0 Å². The monoisotopic (exact) mass is 555 g/mol. The van der Waals surface area contributed by atoms with Crippen molar-refractivity contribution in [2.24, 2.45) is 0 Å². The highest BCUT2D eigenvalue weighted by molar-refractivity contribution is 8.00. The van der Waals surface area contributed by atoms with Crippen LogP contribution in [0.5, 0.6) is 0 Å². The molecule has 196 valence electrons. The van der Waals surface area contributed by atoms with Crippen molar-refractivity contribution in [3.05, 3.63) is 131 Å². The van der Waals surface area contributed by atoms with E-state index in [1.54, 1.807) is 72.8 Å². The standard InChI is InChI=1S/C31H26ClN3O3S/c1-21-9-7-13-24(17-21)33-29(36)20-39-26-15-8-14-25(19-26)34-31(38)28(18-23-12-5-6-16-27(23)32)35-30(37)22-10-3-2-4-11-22/h2-19H,20H2,1H3,(H,33,36)(H,34,38)(H,35,37)/b28-18+. The summed E-state index contributed by atoms with van der Waals surface area (Å²) in [4.78, 5) is 39.3. The molecule has 6 nitrogen and oxygen atoms in total. The molecule has 4 rings (SSSR count). The maximum Gasteiger partial charge on any atom is 0.272 e. The Labute approximate surface area is 236 Å². The first-order valence-electron chi connectivity index (χ1n) is 12.1. The molecule has 0 aromatic heterocycles. The highest BCUT2D eigenvalue weighted by atomic mass is 35.5. The molecule has 0 spiro atoms. The lowest BCUT2D eigenvalue weighted by molar-refractivity contribution is -0.114. The number of carbonyl (C=O) groups excluding carboxylic acids is 3. The topological polar surface area (TPSA) is 87.3 Å². The number of hydrogen-bond acceptors (Lipinski definition) is 4. The smallest absolute Gasteiger partial charge is 0.272 e. The zero-order valence-corrected chi connectivity index (χ0v) is 22.7. The summed E-state index contributed by atoms with van der Waals surface area (Å²) in [5.74, 6) is -0.865. The maximum atomic E-state index is 13.3. The predicted octanol–water partition coefficient (Wildman–Crippen LogP) is 6.79. The average Bonchev–Trinajstić information content (AvgIpc) is 2.93. The van der Waals surface area contributed by atoms with Crippen molar-refractivity contribution in [3.63, 3.8) is 0 Å². The number of amides is 3. The summed E-state index contributed by atoms with van der Waals surface area (Å²) in [5.41, 5.74) is 3.36. The number of benzene rings is 4. The first-order valence-corrected chi connectivity index (χ1v) is 13.5. The quantitative estimate of drug-likeness (QED) is 0.157. The van der Waals surface area contributed by atoms with Crippen LogP contribution in [-0.4, -0.2) is 23.5 Å². The summed E-state index contributed by atoms with van der Waals surface area (Å²) in [5, 5.41) is 8.87. The second-order valence-electron chi connectivity index (χ2n) is 8.59. The molecule has 0 heterocycles. The summed E-state index contributed by atoms with van der Waals surface area (Å²) in [6, 6.07) is 30.4. The molecule has 0 aliphatic heterocycles. The maximum absolute atomic E-state index is 13.3. The van der Waals surface area contributed by atoms with Crippen molar-refractivity contribution in [3.8, 4) is 0 Å². The summed E-state index contributed by atoms with van der Waals surface area (Å²) < 4.78 is 0. The van der Waals surface area contributed by atoms with Crippen molar-refractivity contribution < 1.29 is 14.4 Å². The van der Waals surface area contributed by atoms with Crippen LogP contribution in [0.15, 0.2) is 114 Å². The highest BCUT2D eigenvalue weighted by Gasteiger charge is 2.16. The SMILES string of the molecule is Cc1cccc(NC(=O)CSc2cccc(NC(=O)/C(=C\c3ccccc3Cl)NC(=O)c3ccccc3)c2)c1. The van der Waals surface area contributed by atoms with Crippen molar-refractivity contribution in [2.75, 3.05) is 16.4 Å². The van der Waals surface area contributed by atoms with Gasteiger partial charge in [-0.15, -0.1) is 11.8 Å². The number of rotatable bonds is 9. The van der Waals surface area contributed by atoms with Gasteiger partial charge in [-0.2, -0.15) is 0 Å². The van der Waals surface area contributed by atoms with Gasteiger partial charge in [-0.05, 0) is 72.7 Å². The van der Waals surface area contributed by atoms with E-state index in [1.165, 1.54) is 17.8 Å². The van der Waals surface area contributed by atoms with Crippen molar-refractivity contribution in [1.82, 2.24) is 5.32 Å². The van der Waals surface area contributed by atoms with E-state index in [4.69, 9.17) is 11.6 Å². The van der Waals surface area contributed by atoms with E-state index < -0.39 is 11.8 Å². The van der Waals surface area contributed by atoms with Gasteiger partial charge < -0.3 is 16.0 Å². The third kappa shape index (κ3) is 8.33. The van der Waals surface area contributed by atoms with Crippen LogP contribution in [0.2, 0.25) is 5.02 Å². The molecule has 0 saturated carbocycles. The van der Waals surface area contributed by atoms with E-state index in [0.717, 1.165) is 16.1 Å². The van der Waals surface area contributed by atoms with Crippen LogP contribution < -0.4 is 16.0 Å². The predicted molar refractivity (Wildman–Crippen MR) is 159 cm³/mol. The Balaban J connectivity index is 1.46. The minimum atomic E-state index is -0.515. The summed E-state index contributed by atoms with van der Waals surface area (Å²) in [6.07, 6.45) is 1.53. The van der Waals surface area contributed by atoms with Crippen LogP contribution in [0.4, 0.5) is 11.4 Å². The molecular formula is C31H26ClN3O3S. The molecule has 0 radical (unpaired) electrons. The summed E-state index contributed by atoms with van der Waals surface area (Å²) in [6.45, 7) is 1.96. The van der Waals surface area contributed by atoms with Gasteiger partial charge in [-0.1, -0.05) is 66.2 Å². The van der Waals surface area contributed by atoms with Gasteiger partial charge in [0.1, 0.15) is 5.70 Å². The molecule has 0 saturated heterocycles. The van der Waals surface area contributed by atoms with E-state index >= 15 is 0 Å². The Morgan fingerprint density at radius 2 is 1.49 bits per heavy atom. The Morgan fingerprint density at radius 3 is 2.23 bits per heavy atom. The van der Waals surface area contributed by atoms with Crippen molar-refractivity contribution in [1.29, 1.82) is 0 Å². The number of thioether (sulfide) groups is 1. The lowest BCUT2D eigenvalue weighted by atomic mass is 10.1. The molecule has 0 fully saturated rings. The fourth-order valence-corrected chi connectivity index (χ4v) is 4.57. The molecular weight excluding hydrogens is 530 g/mol. The van der Waals surface area contributed by atoms with E-state index in [2.05, 4.69) is 16.0 Å². The molecule has 8 heteroatoms. The number of halogens is 1. The lowest BCUT2D eigenvalue weighted by Gasteiger charge is -2.12. The van der Waals surface area contributed by atoms with Crippen molar-refractivity contribution in [2.45, 2.75) is 11.8 Å². The van der Waals surface area contributed by atoms with E-state index in [1.807, 2.05) is 37.3 Å². The average molecular weight is 556 g/mol. The third-order valence-electron chi connectivity index (χ3n) is 5.50. The molecule has 0 unspecified atom stereocenters. The molecule has 0 aliphatic carbocycles. The Morgan fingerprint density at radius 1 is 0.795 bits per heavy atom. The minimum absolute atomic E-state index is 0.0348. The largest absolute Gasteiger partial charge is 0.325 e. The molecule has 3 amide bonds. The summed E-state index contributed by atoms with van der Waals surface area (Å²) in [7, 11) is 0. The molecule has 4 aromatic rings. The summed E-state index contributed by atoms with van der Waals surface area (Å²) >= 11 is 7.65. The zero-order valence-electron chi connectivity index (χ0n) is 21.1. The van der Waals surface area contributed by atoms with Gasteiger partial charge in [0, 0.05) is 26.9 Å². The Hall–Kier alpha value is -4.33. The molecule has 3 N–H and O–H groups in total. The lowest BCUT2D eigenvalue weighted by Crippen LogP contribution is -2.30. The van der Waals surface area contributed by atoms with Gasteiger partial charge in [0.15, 0.2) is 0 Å². The van der Waals surface area contributed by atoms with Gasteiger partial charge in [0.2, 0.25) is 5.91 Å². The van der Waals surface area contributed by atoms with Crippen LogP contribution in [0.3, 0.4) is 0 Å². The van der Waals surface area contributed by atoms with Crippen LogP contribution in [-0.2, 0) is 9.59 Å². The van der Waals surface area contributed by atoms with Gasteiger partial charge in [0.25, 0.3) is 11.8 Å². The van der Waals surface area contributed by atoms with Crippen LogP contribution >= 0.6 is 23.4 Å². The van der Waals surface area contributed by atoms with E-state index in [-0.39, 0.29) is 17.4 Å². The van der Waals surface area contributed by atoms with Gasteiger partial charge in [0.05, 0.1) is 5.75 Å². The second kappa shape index (κ2) is 13.5. The third-order valence-corrected chi connectivity index (χ3v) is 6.84. The number of carbonyl (C=O) groups is 3. The molecule has 39 heavy (non-hydrogen) atoms. The molecule has 4 aromatic carbocycles. The minimum Gasteiger partial charge on any atom is -0.325 e. The molecule has 0 atom stereocenters. The number of aryl methyl sites for hydroxylation is 1. The Kier molecular flexibility index (Phi) is 9.56. The van der Waals surface area contributed by atoms with Crippen LogP contribution in [0.25, 0.3) is 6.08 Å². The molecule has 0 bridgehead atoms. The van der Waals surface area contributed by atoms with Crippen molar-refractivity contribution >= 4 is 58.5 Å². The fourth-order valence-electron chi connectivity index (χ4n) is 3.62. The number of nitrogens with one attached hydrogen (secondary N) is 3. The van der Waals surface area contributed by atoms with E-state index in [0.29, 0.717) is 21.8 Å². The fraction of sp³-hybridized carbons (Fsp3) is 0.0645. The normalized spacial score (nSPS) is 11.0. The first-order chi connectivity index (χ1) is 18.9.